The zero-order valence-corrected chi connectivity index (χ0v) is 19.2. The maximum absolute atomic E-state index is 12.7. The lowest BCUT2D eigenvalue weighted by molar-refractivity contribution is -0.121. The fourth-order valence-corrected chi connectivity index (χ4v) is 5.20. The number of hydrogen-bond acceptors (Lipinski definition) is 5. The number of nitrogens with one attached hydrogen (secondary N) is 1. The molecule has 0 bridgehead atoms. The lowest BCUT2D eigenvalue weighted by Gasteiger charge is -2.31. The van der Waals surface area contributed by atoms with Crippen molar-refractivity contribution < 1.29 is 17.9 Å². The summed E-state index contributed by atoms with van der Waals surface area (Å²) in [6.07, 6.45) is 4.12. The van der Waals surface area contributed by atoms with Gasteiger partial charge < -0.3 is 15.0 Å². The zero-order valence-electron chi connectivity index (χ0n) is 18.4. The molecule has 2 aromatic carbocycles. The Hall–Kier alpha value is -2.74. The van der Waals surface area contributed by atoms with Gasteiger partial charge in [0.15, 0.2) is 0 Å². The molecule has 1 aliphatic heterocycles. The third-order valence-electron chi connectivity index (χ3n) is 5.51. The van der Waals surface area contributed by atoms with Crippen molar-refractivity contribution in [1.82, 2.24) is 5.32 Å². The predicted molar refractivity (Wildman–Crippen MR) is 124 cm³/mol. The number of carbonyl (C=O) groups is 1. The van der Waals surface area contributed by atoms with Crippen molar-refractivity contribution in [2.45, 2.75) is 32.2 Å². The first kappa shape index (κ1) is 22.9. The molecule has 7 nitrogen and oxygen atoms in total. The van der Waals surface area contributed by atoms with E-state index in [0.29, 0.717) is 18.0 Å². The molecule has 0 unspecified atom stereocenters. The first-order valence-electron chi connectivity index (χ1n) is 10.6. The molecule has 0 fully saturated rings. The van der Waals surface area contributed by atoms with E-state index in [0.717, 1.165) is 42.9 Å². The van der Waals surface area contributed by atoms with Gasteiger partial charge in [0.1, 0.15) is 11.8 Å². The molecule has 1 atom stereocenters. The van der Waals surface area contributed by atoms with Crippen LogP contribution in [0.5, 0.6) is 5.75 Å². The van der Waals surface area contributed by atoms with E-state index in [-0.39, 0.29) is 5.91 Å². The van der Waals surface area contributed by atoms with Gasteiger partial charge in [0.25, 0.3) is 0 Å². The van der Waals surface area contributed by atoms with E-state index < -0.39 is 16.1 Å². The molecule has 168 valence electrons. The average Bonchev–Trinajstić information content (AvgIpc) is 2.75. The van der Waals surface area contributed by atoms with Crippen molar-refractivity contribution in [2.75, 3.05) is 42.2 Å². The zero-order chi connectivity index (χ0) is 22.4. The summed E-state index contributed by atoms with van der Waals surface area (Å²) >= 11 is 0. The summed E-state index contributed by atoms with van der Waals surface area (Å²) in [5, 5.41) is 2.89. The number of rotatable bonds is 9. The lowest BCUT2D eigenvalue weighted by Crippen LogP contribution is -2.48. The van der Waals surface area contributed by atoms with Crippen molar-refractivity contribution in [3.63, 3.8) is 0 Å². The van der Waals surface area contributed by atoms with Gasteiger partial charge in [-0.1, -0.05) is 24.3 Å². The topological polar surface area (TPSA) is 79.0 Å². The molecule has 0 spiro atoms. The predicted octanol–water partition coefficient (Wildman–Crippen LogP) is 2.81. The summed E-state index contributed by atoms with van der Waals surface area (Å²) < 4.78 is 31.2. The van der Waals surface area contributed by atoms with Crippen LogP contribution in [-0.2, 0) is 21.2 Å². The van der Waals surface area contributed by atoms with Crippen LogP contribution in [0, 0.1) is 0 Å². The maximum atomic E-state index is 12.7. The number of fused-ring (bicyclic) bond motifs is 1. The van der Waals surface area contributed by atoms with Gasteiger partial charge in [-0.3, -0.25) is 9.10 Å². The van der Waals surface area contributed by atoms with Crippen LogP contribution in [0.2, 0.25) is 0 Å². The van der Waals surface area contributed by atoms with E-state index in [1.54, 1.807) is 31.2 Å². The number of hydrogen-bond donors (Lipinski definition) is 1. The summed E-state index contributed by atoms with van der Waals surface area (Å²) in [4.78, 5) is 15.1. The van der Waals surface area contributed by atoms with Gasteiger partial charge in [0, 0.05) is 31.4 Å². The van der Waals surface area contributed by atoms with Crippen LogP contribution in [0.3, 0.4) is 0 Å². The van der Waals surface area contributed by atoms with Gasteiger partial charge in [-0.05, 0) is 49.9 Å². The highest BCUT2D eigenvalue weighted by Gasteiger charge is 2.29. The number of anilines is 2. The highest BCUT2D eigenvalue weighted by molar-refractivity contribution is 7.92. The summed E-state index contributed by atoms with van der Waals surface area (Å²) in [5.41, 5.74) is 3.04. The number of nitrogens with zero attached hydrogens (tertiary/aromatic N) is 2. The summed E-state index contributed by atoms with van der Waals surface area (Å²) in [6, 6.07) is 14.3. The fourth-order valence-electron chi connectivity index (χ4n) is 4.03. The van der Waals surface area contributed by atoms with E-state index in [4.69, 9.17) is 4.74 Å². The summed E-state index contributed by atoms with van der Waals surface area (Å²) in [7, 11) is -2.15. The average molecular weight is 446 g/mol. The highest BCUT2D eigenvalue weighted by Crippen LogP contribution is 2.27. The molecular formula is C23H31N3O4S. The monoisotopic (exact) mass is 445 g/mol. The molecule has 0 saturated heterocycles. The number of carbonyl (C=O) groups excluding carboxylic acids is 1. The van der Waals surface area contributed by atoms with Crippen molar-refractivity contribution in [2.24, 2.45) is 0 Å². The normalized spacial score (nSPS) is 14.5. The second-order valence-corrected chi connectivity index (χ2v) is 9.66. The molecule has 8 heteroatoms. The van der Waals surface area contributed by atoms with Gasteiger partial charge in [0.05, 0.1) is 19.1 Å². The minimum atomic E-state index is -3.66. The van der Waals surface area contributed by atoms with E-state index in [9.17, 15) is 13.2 Å². The summed E-state index contributed by atoms with van der Waals surface area (Å²) in [6.45, 7) is 3.94. The number of sulfonamides is 1. The molecule has 0 radical (unpaired) electrons. The van der Waals surface area contributed by atoms with Gasteiger partial charge in [-0.15, -0.1) is 0 Å². The van der Waals surface area contributed by atoms with Crippen molar-refractivity contribution in [3.8, 4) is 5.75 Å². The quantitative estimate of drug-likeness (QED) is 0.601. The Balaban J connectivity index is 1.59. The van der Waals surface area contributed by atoms with Crippen molar-refractivity contribution in [3.05, 3.63) is 54.1 Å². The largest absolute Gasteiger partial charge is 0.497 e. The smallest absolute Gasteiger partial charge is 0.243 e. The van der Waals surface area contributed by atoms with Gasteiger partial charge in [-0.25, -0.2) is 8.42 Å². The molecular weight excluding hydrogens is 414 g/mol. The highest BCUT2D eigenvalue weighted by atomic mass is 32.2. The molecule has 1 heterocycles. The number of ether oxygens (including phenoxy) is 1. The molecule has 0 aliphatic carbocycles. The molecule has 1 amide bonds. The molecule has 1 aliphatic rings. The minimum absolute atomic E-state index is 0.327. The number of amides is 1. The number of methoxy groups -OCH3 is 1. The van der Waals surface area contributed by atoms with E-state index >= 15 is 0 Å². The van der Waals surface area contributed by atoms with Crippen LogP contribution in [0.25, 0.3) is 0 Å². The molecule has 0 aromatic heterocycles. The van der Waals surface area contributed by atoms with Crippen LogP contribution in [-0.4, -0.2) is 53.4 Å². The Morgan fingerprint density at radius 2 is 2.00 bits per heavy atom. The number of aryl methyl sites for hydroxylation is 1. The lowest BCUT2D eigenvalue weighted by atomic mass is 10.0. The van der Waals surface area contributed by atoms with Gasteiger partial charge in [0.2, 0.25) is 15.9 Å². The van der Waals surface area contributed by atoms with Gasteiger partial charge >= 0.3 is 0 Å². The van der Waals surface area contributed by atoms with Crippen LogP contribution >= 0.6 is 0 Å². The van der Waals surface area contributed by atoms with Crippen molar-refractivity contribution >= 4 is 27.3 Å². The van der Waals surface area contributed by atoms with Crippen molar-refractivity contribution in [1.29, 1.82) is 0 Å². The Morgan fingerprint density at radius 3 is 2.74 bits per heavy atom. The first-order chi connectivity index (χ1) is 14.8. The SMILES string of the molecule is COc1cccc(N([C@H](C)C(=O)NCCCN2CCCc3ccccc32)S(C)(=O)=O)c1. The Labute approximate surface area is 185 Å². The standard InChI is InChI=1S/C23H31N3O4S/c1-18(26(31(3,28)29)20-11-6-12-21(17-20)30-2)23(27)24-14-8-16-25-15-7-10-19-9-4-5-13-22(19)25/h4-6,9,11-13,17-18H,7-8,10,14-16H2,1-3H3,(H,24,27)/t18-/m1/s1. The van der Waals surface area contributed by atoms with Crippen LogP contribution < -0.4 is 19.3 Å². The molecule has 1 N–H and O–H groups in total. The van der Waals surface area contributed by atoms with Gasteiger partial charge in [-0.2, -0.15) is 0 Å². The second-order valence-electron chi connectivity index (χ2n) is 7.80. The number of benzene rings is 2. The molecule has 0 saturated carbocycles. The van der Waals surface area contributed by atoms with E-state index in [1.165, 1.54) is 18.4 Å². The van der Waals surface area contributed by atoms with Crippen LogP contribution in [0.4, 0.5) is 11.4 Å². The molecule has 3 rings (SSSR count). The van der Waals surface area contributed by atoms with Crippen LogP contribution in [0.15, 0.2) is 48.5 Å². The Kier molecular flexibility index (Phi) is 7.43. The van der Waals surface area contributed by atoms with E-state index in [2.05, 4.69) is 34.5 Å². The second kappa shape index (κ2) is 10.0. The molecule has 31 heavy (non-hydrogen) atoms. The van der Waals surface area contributed by atoms with E-state index in [1.807, 2.05) is 0 Å². The fraction of sp³-hybridized carbons (Fsp3) is 0.435. The third-order valence-corrected chi connectivity index (χ3v) is 6.75. The summed E-state index contributed by atoms with van der Waals surface area (Å²) in [5.74, 6) is 0.202. The van der Waals surface area contributed by atoms with Crippen LogP contribution in [0.1, 0.15) is 25.3 Å². The minimum Gasteiger partial charge on any atom is -0.497 e. The third kappa shape index (κ3) is 5.70. The Bertz CT molecular complexity index is 1010. The molecule has 2 aromatic rings. The number of para-hydroxylation sites is 1. The Morgan fingerprint density at radius 1 is 1.23 bits per heavy atom. The first-order valence-corrected chi connectivity index (χ1v) is 12.4. The maximum Gasteiger partial charge on any atom is 0.243 e.